The van der Waals surface area contributed by atoms with Gasteiger partial charge in [-0.05, 0) is 25.1 Å². The number of nitrogens with one attached hydrogen (secondary N) is 1. The highest BCUT2D eigenvalue weighted by atomic mass is 35.5. The predicted molar refractivity (Wildman–Crippen MR) is 109 cm³/mol. The number of carbonyl (C=O) groups excluding carboxylic acids is 1. The standard InChI is InChI=1S/C20H13ClF4N4O4/c1-10(12-8-11(29(32)33)9-13(18(12)21)20(23,24)25)26-19(31)15-6-7-17(30)28(27-15)16-5-3-2-4-14(16)22/h2-10H,1H3,(H,26,31)/t10-/m1/s1. The largest absolute Gasteiger partial charge is 0.418 e. The van der Waals surface area contributed by atoms with Gasteiger partial charge in [-0.25, -0.2) is 4.39 Å². The lowest BCUT2D eigenvalue weighted by atomic mass is 10.0. The summed E-state index contributed by atoms with van der Waals surface area (Å²) in [5.74, 6) is -1.72. The summed E-state index contributed by atoms with van der Waals surface area (Å²) in [6.45, 7) is 1.26. The van der Waals surface area contributed by atoms with Gasteiger partial charge in [-0.1, -0.05) is 23.7 Å². The summed E-state index contributed by atoms with van der Waals surface area (Å²) in [6.07, 6.45) is -4.97. The summed E-state index contributed by atoms with van der Waals surface area (Å²) in [4.78, 5) is 34.8. The van der Waals surface area contributed by atoms with Crippen LogP contribution >= 0.6 is 11.6 Å². The SMILES string of the molecule is C[C@@H](NC(=O)c1ccc(=O)n(-c2ccccc2F)n1)c1cc([N+](=O)[O-])cc(C(F)(F)F)c1Cl. The lowest BCUT2D eigenvalue weighted by molar-refractivity contribution is -0.385. The third-order valence-corrected chi connectivity index (χ3v) is 4.95. The average molecular weight is 485 g/mol. The number of halogens is 5. The van der Waals surface area contributed by atoms with Crippen LogP contribution in [0.25, 0.3) is 5.69 Å². The Hall–Kier alpha value is -3.80. The fourth-order valence-corrected chi connectivity index (χ4v) is 3.31. The minimum Gasteiger partial charge on any atom is -0.344 e. The van der Waals surface area contributed by atoms with Gasteiger partial charge in [-0.2, -0.15) is 23.0 Å². The van der Waals surface area contributed by atoms with E-state index in [1.165, 1.54) is 25.1 Å². The predicted octanol–water partition coefficient (Wildman–Crippen LogP) is 4.44. The number of para-hydroxylation sites is 1. The van der Waals surface area contributed by atoms with E-state index >= 15 is 0 Å². The van der Waals surface area contributed by atoms with Crippen molar-refractivity contribution in [2.75, 3.05) is 0 Å². The fraction of sp³-hybridized carbons (Fsp3) is 0.150. The summed E-state index contributed by atoms with van der Waals surface area (Å²) in [7, 11) is 0. The third kappa shape index (κ3) is 5.00. The first-order valence-electron chi connectivity index (χ1n) is 9.11. The van der Waals surface area contributed by atoms with Crippen molar-refractivity contribution in [2.24, 2.45) is 0 Å². The van der Waals surface area contributed by atoms with Crippen LogP contribution in [0.5, 0.6) is 0 Å². The van der Waals surface area contributed by atoms with Crippen molar-refractivity contribution in [1.29, 1.82) is 0 Å². The first-order chi connectivity index (χ1) is 15.4. The van der Waals surface area contributed by atoms with Crippen LogP contribution in [0.3, 0.4) is 0 Å². The van der Waals surface area contributed by atoms with Crippen molar-refractivity contribution < 1.29 is 27.3 Å². The maximum atomic E-state index is 14.0. The molecule has 1 N–H and O–H groups in total. The van der Waals surface area contributed by atoms with Crippen LogP contribution < -0.4 is 10.9 Å². The average Bonchev–Trinajstić information content (AvgIpc) is 2.73. The molecule has 1 heterocycles. The Labute approximate surface area is 187 Å². The van der Waals surface area contributed by atoms with Crippen molar-refractivity contribution in [1.82, 2.24) is 15.1 Å². The van der Waals surface area contributed by atoms with Gasteiger partial charge in [0.05, 0.1) is 21.6 Å². The van der Waals surface area contributed by atoms with Gasteiger partial charge in [0.15, 0.2) is 0 Å². The number of hydrogen-bond donors (Lipinski definition) is 1. The number of nitro benzene ring substituents is 1. The van der Waals surface area contributed by atoms with Crippen LogP contribution in [0.15, 0.2) is 53.3 Å². The van der Waals surface area contributed by atoms with Crippen LogP contribution in [0.1, 0.15) is 34.6 Å². The monoisotopic (exact) mass is 484 g/mol. The Morgan fingerprint density at radius 1 is 1.21 bits per heavy atom. The number of non-ortho nitro benzene ring substituents is 1. The third-order valence-electron chi connectivity index (χ3n) is 4.53. The van der Waals surface area contributed by atoms with E-state index in [1.54, 1.807) is 0 Å². The molecule has 3 aromatic rings. The maximum Gasteiger partial charge on any atom is 0.418 e. The second-order valence-electron chi connectivity index (χ2n) is 6.77. The molecule has 0 bridgehead atoms. The molecule has 0 spiro atoms. The van der Waals surface area contributed by atoms with Gasteiger partial charge in [0, 0.05) is 23.8 Å². The number of benzene rings is 2. The molecule has 0 saturated carbocycles. The number of amides is 1. The zero-order chi connectivity index (χ0) is 24.5. The van der Waals surface area contributed by atoms with E-state index < -0.39 is 50.7 Å². The number of alkyl halides is 3. The van der Waals surface area contributed by atoms with Crippen LogP contribution in [-0.4, -0.2) is 20.6 Å². The van der Waals surface area contributed by atoms with E-state index in [9.17, 15) is 37.3 Å². The van der Waals surface area contributed by atoms with Crippen LogP contribution in [0, 0.1) is 15.9 Å². The summed E-state index contributed by atoms with van der Waals surface area (Å²) < 4.78 is 54.5. The fourth-order valence-electron chi connectivity index (χ4n) is 2.93. The molecule has 1 amide bonds. The Morgan fingerprint density at radius 2 is 1.88 bits per heavy atom. The minimum atomic E-state index is -4.97. The van der Waals surface area contributed by atoms with Crippen molar-refractivity contribution in [3.63, 3.8) is 0 Å². The molecule has 0 radical (unpaired) electrons. The molecule has 1 aromatic heterocycles. The summed E-state index contributed by atoms with van der Waals surface area (Å²) in [5.41, 5.74) is -3.96. The highest BCUT2D eigenvalue weighted by Gasteiger charge is 2.37. The molecule has 13 heteroatoms. The molecule has 172 valence electrons. The first kappa shape index (κ1) is 23.9. The number of nitrogens with zero attached hydrogens (tertiary/aromatic N) is 3. The molecule has 8 nitrogen and oxygen atoms in total. The van der Waals surface area contributed by atoms with E-state index in [-0.39, 0.29) is 16.9 Å². The van der Waals surface area contributed by atoms with Gasteiger partial charge in [-0.3, -0.25) is 19.7 Å². The zero-order valence-electron chi connectivity index (χ0n) is 16.6. The van der Waals surface area contributed by atoms with Crippen LogP contribution in [0.4, 0.5) is 23.2 Å². The molecule has 2 aromatic carbocycles. The Morgan fingerprint density at radius 3 is 2.48 bits per heavy atom. The van der Waals surface area contributed by atoms with Gasteiger partial charge >= 0.3 is 6.18 Å². The van der Waals surface area contributed by atoms with E-state index in [2.05, 4.69) is 10.4 Å². The number of rotatable bonds is 5. The van der Waals surface area contributed by atoms with Crippen molar-refractivity contribution in [3.8, 4) is 5.69 Å². The van der Waals surface area contributed by atoms with Crippen molar-refractivity contribution in [3.05, 3.63) is 96.7 Å². The van der Waals surface area contributed by atoms with Gasteiger partial charge in [0.2, 0.25) is 0 Å². The zero-order valence-corrected chi connectivity index (χ0v) is 17.3. The van der Waals surface area contributed by atoms with Crippen LogP contribution in [0.2, 0.25) is 5.02 Å². The summed E-state index contributed by atoms with van der Waals surface area (Å²) in [6, 6.07) is 7.07. The number of nitro groups is 1. The number of carbonyl (C=O) groups is 1. The quantitative estimate of drug-likeness (QED) is 0.327. The number of aromatic nitrogens is 2. The Balaban J connectivity index is 1.97. The molecule has 0 aliphatic heterocycles. The molecular formula is C20H13ClF4N4O4. The highest BCUT2D eigenvalue weighted by Crippen LogP contribution is 2.40. The van der Waals surface area contributed by atoms with E-state index in [0.29, 0.717) is 10.7 Å². The van der Waals surface area contributed by atoms with Gasteiger partial charge in [-0.15, -0.1) is 0 Å². The van der Waals surface area contributed by atoms with E-state index in [4.69, 9.17) is 11.6 Å². The van der Waals surface area contributed by atoms with Crippen molar-refractivity contribution >= 4 is 23.2 Å². The highest BCUT2D eigenvalue weighted by molar-refractivity contribution is 6.32. The first-order valence-corrected chi connectivity index (χ1v) is 9.49. The molecule has 0 unspecified atom stereocenters. The normalized spacial score (nSPS) is 12.3. The second kappa shape index (κ2) is 8.98. The van der Waals surface area contributed by atoms with Crippen molar-refractivity contribution in [2.45, 2.75) is 19.1 Å². The molecule has 0 fully saturated rings. The van der Waals surface area contributed by atoms with Gasteiger partial charge in [0.1, 0.15) is 17.2 Å². The molecule has 0 saturated heterocycles. The van der Waals surface area contributed by atoms with Gasteiger partial charge in [0.25, 0.3) is 17.2 Å². The van der Waals surface area contributed by atoms with E-state index in [0.717, 1.165) is 24.3 Å². The molecule has 1 atom stereocenters. The van der Waals surface area contributed by atoms with E-state index in [1.807, 2.05) is 0 Å². The van der Waals surface area contributed by atoms with Gasteiger partial charge < -0.3 is 5.32 Å². The molecular weight excluding hydrogens is 472 g/mol. The Kier molecular flexibility index (Phi) is 6.49. The lowest BCUT2D eigenvalue weighted by Crippen LogP contribution is -2.31. The summed E-state index contributed by atoms with van der Waals surface area (Å²) >= 11 is 5.84. The van der Waals surface area contributed by atoms with Crippen LogP contribution in [-0.2, 0) is 6.18 Å². The number of hydrogen-bond acceptors (Lipinski definition) is 5. The maximum absolute atomic E-state index is 14.0. The Bertz CT molecular complexity index is 1310. The second-order valence-corrected chi connectivity index (χ2v) is 7.14. The lowest BCUT2D eigenvalue weighted by Gasteiger charge is -2.18. The molecule has 3 rings (SSSR count). The molecule has 0 aliphatic carbocycles. The molecule has 33 heavy (non-hydrogen) atoms. The smallest absolute Gasteiger partial charge is 0.344 e. The minimum absolute atomic E-state index is 0.221. The topological polar surface area (TPSA) is 107 Å². The summed E-state index contributed by atoms with van der Waals surface area (Å²) in [5, 5.41) is 16.4. The molecule has 0 aliphatic rings.